The molecule has 2 heterocycles. The van der Waals surface area contributed by atoms with Crippen LogP contribution in [0, 0.1) is 6.92 Å². The zero-order chi connectivity index (χ0) is 12.5. The van der Waals surface area contributed by atoms with Crippen molar-refractivity contribution >= 4 is 37.8 Å². The van der Waals surface area contributed by atoms with E-state index in [1.807, 2.05) is 12.3 Å². The number of nitrogens with two attached hydrogens (primary N) is 1. The molecule has 0 radical (unpaired) electrons. The molecule has 0 aromatic carbocycles. The van der Waals surface area contributed by atoms with Gasteiger partial charge < -0.3 is 5.73 Å². The van der Waals surface area contributed by atoms with Crippen molar-refractivity contribution in [3.8, 4) is 0 Å². The topological polar surface area (TPSA) is 111 Å². The van der Waals surface area contributed by atoms with Crippen LogP contribution in [0.3, 0.4) is 0 Å². The Hall–Kier alpha value is -1.10. The van der Waals surface area contributed by atoms with Gasteiger partial charge >= 0.3 is 0 Å². The minimum absolute atomic E-state index is 0.121. The van der Waals surface area contributed by atoms with Gasteiger partial charge in [0.2, 0.25) is 9.47 Å². The molecule has 2 aromatic heterocycles. The molecule has 0 saturated heterocycles. The van der Waals surface area contributed by atoms with E-state index in [1.165, 1.54) is 11.3 Å². The zero-order valence-electron chi connectivity index (χ0n) is 8.74. The first-order valence-corrected chi connectivity index (χ1v) is 7.65. The van der Waals surface area contributed by atoms with Gasteiger partial charge in [0.15, 0.2) is 0 Å². The van der Waals surface area contributed by atoms with Crippen molar-refractivity contribution in [2.24, 2.45) is 0 Å². The number of hydrogen-bond acceptors (Lipinski definition) is 8. The van der Waals surface area contributed by atoms with E-state index in [0.29, 0.717) is 5.01 Å². The predicted molar refractivity (Wildman–Crippen MR) is 65.2 cm³/mol. The summed E-state index contributed by atoms with van der Waals surface area (Å²) >= 11 is 2.22. The fourth-order valence-corrected chi connectivity index (χ4v) is 3.65. The summed E-state index contributed by atoms with van der Waals surface area (Å²) in [5, 5.41) is 9.61. The van der Waals surface area contributed by atoms with Gasteiger partial charge in [-0.25, -0.2) is 18.1 Å². The maximum absolute atomic E-state index is 11.7. The van der Waals surface area contributed by atoms with Gasteiger partial charge in [0.1, 0.15) is 5.01 Å². The standard InChI is InChI=1S/C7H9N5O2S3/c1-4-3-15-5(10-4)2-9-17(13,14)7-12-11-6(8)16-7/h3,9H,2H2,1H3,(H2,8,11). The van der Waals surface area contributed by atoms with E-state index in [-0.39, 0.29) is 16.0 Å². The molecule has 0 aliphatic rings. The molecule has 0 aliphatic carbocycles. The fourth-order valence-electron chi connectivity index (χ4n) is 1.03. The molecule has 0 unspecified atom stereocenters. The van der Waals surface area contributed by atoms with Crippen LogP contribution in [0.4, 0.5) is 5.13 Å². The van der Waals surface area contributed by atoms with Crippen molar-refractivity contribution < 1.29 is 8.42 Å². The van der Waals surface area contributed by atoms with E-state index in [2.05, 4.69) is 19.9 Å². The highest BCUT2D eigenvalue weighted by atomic mass is 32.2. The first kappa shape index (κ1) is 12.4. The van der Waals surface area contributed by atoms with Crippen LogP contribution >= 0.6 is 22.7 Å². The van der Waals surface area contributed by atoms with Crippen LogP contribution in [-0.4, -0.2) is 23.6 Å². The number of anilines is 1. The lowest BCUT2D eigenvalue weighted by Gasteiger charge is -1.99. The third-order valence-electron chi connectivity index (χ3n) is 1.73. The molecule has 0 atom stereocenters. The van der Waals surface area contributed by atoms with Gasteiger partial charge in [-0.3, -0.25) is 0 Å². The van der Waals surface area contributed by atoms with Crippen LogP contribution < -0.4 is 10.5 Å². The molecule has 2 aromatic rings. The Morgan fingerprint density at radius 3 is 2.76 bits per heavy atom. The summed E-state index contributed by atoms with van der Waals surface area (Å²) in [5.41, 5.74) is 6.19. The van der Waals surface area contributed by atoms with Crippen LogP contribution in [0.15, 0.2) is 9.72 Å². The third kappa shape index (κ3) is 2.97. The molecular formula is C7H9N5O2S3. The van der Waals surface area contributed by atoms with E-state index in [0.717, 1.165) is 17.0 Å². The van der Waals surface area contributed by atoms with Gasteiger partial charge in [-0.1, -0.05) is 11.3 Å². The third-order valence-corrected chi connectivity index (χ3v) is 5.22. The van der Waals surface area contributed by atoms with Crippen molar-refractivity contribution in [2.75, 3.05) is 5.73 Å². The maximum Gasteiger partial charge on any atom is 0.270 e. The van der Waals surface area contributed by atoms with Gasteiger partial charge in [-0.05, 0) is 6.92 Å². The maximum atomic E-state index is 11.7. The minimum atomic E-state index is -3.65. The fraction of sp³-hybridized carbons (Fsp3) is 0.286. The number of nitrogens with one attached hydrogen (secondary N) is 1. The summed E-state index contributed by atoms with van der Waals surface area (Å²) in [5.74, 6) is 0. The monoisotopic (exact) mass is 291 g/mol. The highest BCUT2D eigenvalue weighted by Gasteiger charge is 2.19. The van der Waals surface area contributed by atoms with Crippen LogP contribution in [0.5, 0.6) is 0 Å². The van der Waals surface area contributed by atoms with E-state index in [1.54, 1.807) is 0 Å². The molecule has 3 N–H and O–H groups in total. The number of hydrogen-bond donors (Lipinski definition) is 2. The van der Waals surface area contributed by atoms with Crippen molar-refractivity contribution in [3.63, 3.8) is 0 Å². The number of aryl methyl sites for hydroxylation is 1. The Balaban J connectivity index is 2.08. The summed E-state index contributed by atoms with van der Waals surface area (Å²) < 4.78 is 25.7. The quantitative estimate of drug-likeness (QED) is 0.841. The van der Waals surface area contributed by atoms with Crippen LogP contribution in [-0.2, 0) is 16.6 Å². The van der Waals surface area contributed by atoms with Gasteiger partial charge in [-0.15, -0.1) is 21.5 Å². The minimum Gasteiger partial charge on any atom is -0.374 e. The first-order chi connectivity index (χ1) is 7.97. The second-order valence-electron chi connectivity index (χ2n) is 3.11. The largest absolute Gasteiger partial charge is 0.374 e. The lowest BCUT2D eigenvalue weighted by molar-refractivity contribution is 0.579. The Morgan fingerprint density at radius 1 is 1.47 bits per heavy atom. The Kier molecular flexibility index (Phi) is 3.38. The molecule has 0 spiro atoms. The van der Waals surface area contributed by atoms with E-state index in [9.17, 15) is 8.42 Å². The smallest absolute Gasteiger partial charge is 0.270 e. The molecular weight excluding hydrogens is 282 g/mol. The van der Waals surface area contributed by atoms with Crippen molar-refractivity contribution in [2.45, 2.75) is 17.8 Å². The average Bonchev–Trinajstić information content (AvgIpc) is 2.85. The molecule has 2 rings (SSSR count). The molecule has 7 nitrogen and oxygen atoms in total. The Labute approximate surface area is 106 Å². The Bertz CT molecular complexity index is 617. The summed E-state index contributed by atoms with van der Waals surface area (Å²) in [6, 6.07) is 0. The van der Waals surface area contributed by atoms with E-state index < -0.39 is 10.0 Å². The van der Waals surface area contributed by atoms with Gasteiger partial charge in [-0.2, -0.15) is 0 Å². The van der Waals surface area contributed by atoms with Crippen molar-refractivity contribution in [1.29, 1.82) is 0 Å². The molecule has 17 heavy (non-hydrogen) atoms. The van der Waals surface area contributed by atoms with Crippen molar-refractivity contribution in [1.82, 2.24) is 19.9 Å². The molecule has 10 heteroatoms. The molecule has 0 amide bonds. The summed E-state index contributed by atoms with van der Waals surface area (Å²) in [6.45, 7) is 1.99. The SMILES string of the molecule is Cc1csc(CNS(=O)(=O)c2nnc(N)s2)n1. The second kappa shape index (κ2) is 4.64. The summed E-state index contributed by atoms with van der Waals surface area (Å²) in [4.78, 5) is 4.15. The van der Waals surface area contributed by atoms with E-state index >= 15 is 0 Å². The zero-order valence-corrected chi connectivity index (χ0v) is 11.2. The van der Waals surface area contributed by atoms with Crippen LogP contribution in [0.2, 0.25) is 0 Å². The van der Waals surface area contributed by atoms with Gasteiger partial charge in [0.05, 0.1) is 6.54 Å². The van der Waals surface area contributed by atoms with Gasteiger partial charge in [0.25, 0.3) is 10.0 Å². The van der Waals surface area contributed by atoms with Gasteiger partial charge in [0, 0.05) is 11.1 Å². The summed E-state index contributed by atoms with van der Waals surface area (Å²) in [7, 11) is -3.65. The van der Waals surface area contributed by atoms with E-state index in [4.69, 9.17) is 5.73 Å². The summed E-state index contributed by atoms with van der Waals surface area (Å²) in [6.07, 6.45) is 0. The normalized spacial score (nSPS) is 11.8. The molecule has 0 bridgehead atoms. The lowest BCUT2D eigenvalue weighted by Crippen LogP contribution is -2.23. The first-order valence-electron chi connectivity index (χ1n) is 4.47. The number of nitrogens with zero attached hydrogens (tertiary/aromatic N) is 3. The number of nitrogen functional groups attached to an aromatic ring is 1. The Morgan fingerprint density at radius 2 is 2.24 bits per heavy atom. The highest BCUT2D eigenvalue weighted by Crippen LogP contribution is 2.17. The lowest BCUT2D eigenvalue weighted by atomic mass is 10.6. The number of sulfonamides is 1. The molecule has 0 fully saturated rings. The number of aromatic nitrogens is 3. The number of thiazole rings is 1. The van der Waals surface area contributed by atoms with Crippen LogP contribution in [0.1, 0.15) is 10.7 Å². The molecule has 0 aliphatic heterocycles. The van der Waals surface area contributed by atoms with Crippen LogP contribution in [0.25, 0.3) is 0 Å². The second-order valence-corrected chi connectivity index (χ2v) is 7.01. The number of rotatable bonds is 4. The highest BCUT2D eigenvalue weighted by molar-refractivity contribution is 7.91. The molecule has 0 saturated carbocycles. The van der Waals surface area contributed by atoms with Crippen molar-refractivity contribution in [3.05, 3.63) is 16.1 Å². The predicted octanol–water partition coefficient (Wildman–Crippen LogP) is 0.364. The average molecular weight is 291 g/mol. The molecule has 92 valence electrons.